The number of nitrogens with one attached hydrogen (secondary N) is 2. The zero-order chi connectivity index (χ0) is 16.8. The van der Waals surface area contributed by atoms with Crippen molar-refractivity contribution in [2.75, 3.05) is 0 Å². The molecule has 2 rings (SSSR count). The maximum Gasteiger partial charge on any atom is 0.328 e. The van der Waals surface area contributed by atoms with Gasteiger partial charge in [-0.2, -0.15) is 0 Å². The second-order valence-corrected chi connectivity index (χ2v) is 5.36. The average molecular weight is 319 g/mol. The molecule has 2 aromatic heterocycles. The van der Waals surface area contributed by atoms with E-state index in [1.54, 1.807) is 6.20 Å². The third-order valence-corrected chi connectivity index (χ3v) is 3.56. The van der Waals surface area contributed by atoms with Gasteiger partial charge in [-0.15, -0.1) is 0 Å². The molecular formula is C15H21N5O3. The molecule has 2 heterocycles. The first-order chi connectivity index (χ1) is 11.0. The van der Waals surface area contributed by atoms with Crippen molar-refractivity contribution < 1.29 is 4.79 Å². The Bertz CT molecular complexity index is 774. The fraction of sp³-hybridized carbons (Fsp3) is 0.467. The molecule has 2 aromatic rings. The smallest absolute Gasteiger partial charge is 0.328 e. The largest absolute Gasteiger partial charge is 0.346 e. The van der Waals surface area contributed by atoms with Gasteiger partial charge in [0.1, 0.15) is 5.82 Å². The van der Waals surface area contributed by atoms with Gasteiger partial charge in [-0.1, -0.05) is 13.3 Å². The molecule has 8 heteroatoms. The summed E-state index contributed by atoms with van der Waals surface area (Å²) in [5.74, 6) is 0.644. The molecule has 1 unspecified atom stereocenters. The molecule has 0 bridgehead atoms. The lowest BCUT2D eigenvalue weighted by atomic mass is 10.1. The number of nitrogens with zero attached hydrogens (tertiary/aromatic N) is 3. The van der Waals surface area contributed by atoms with Crippen LogP contribution in [-0.4, -0.2) is 25.0 Å². The van der Waals surface area contributed by atoms with Gasteiger partial charge in [0.15, 0.2) is 0 Å². The molecule has 2 N–H and O–H groups in total. The summed E-state index contributed by atoms with van der Waals surface area (Å²) in [7, 11) is 1.89. The Hall–Kier alpha value is -2.64. The molecule has 1 amide bonds. The summed E-state index contributed by atoms with van der Waals surface area (Å²) in [6.07, 6.45) is 6.77. The van der Waals surface area contributed by atoms with Crippen LogP contribution in [0.25, 0.3) is 0 Å². The topological polar surface area (TPSA) is 102 Å². The maximum absolute atomic E-state index is 12.2. The van der Waals surface area contributed by atoms with Gasteiger partial charge >= 0.3 is 5.69 Å². The molecule has 124 valence electrons. The summed E-state index contributed by atoms with van der Waals surface area (Å²) < 4.78 is 3.18. The SMILES string of the molecule is CCCC(NC(=O)CCn1ccc(=O)[nH]c1=O)c1nccn1C. The Morgan fingerprint density at radius 3 is 2.78 bits per heavy atom. The van der Waals surface area contributed by atoms with Crippen LogP contribution in [0, 0.1) is 0 Å². The third-order valence-electron chi connectivity index (χ3n) is 3.56. The van der Waals surface area contributed by atoms with Crippen LogP contribution in [0.5, 0.6) is 0 Å². The standard InChI is InChI=1S/C15H21N5O3/c1-3-4-11(14-16-7-10-19(14)2)17-12(21)5-8-20-9-6-13(22)18-15(20)23/h6-7,9-11H,3-5,8H2,1-2H3,(H,17,21)(H,18,22,23). The van der Waals surface area contributed by atoms with Gasteiger partial charge in [0.25, 0.3) is 5.56 Å². The van der Waals surface area contributed by atoms with E-state index in [0.29, 0.717) is 0 Å². The quantitative estimate of drug-likeness (QED) is 0.767. The summed E-state index contributed by atoms with van der Waals surface area (Å²) in [6, 6.07) is 1.10. The Morgan fingerprint density at radius 1 is 1.39 bits per heavy atom. The number of aryl methyl sites for hydroxylation is 2. The number of H-pyrrole nitrogens is 1. The first kappa shape index (κ1) is 16.7. The minimum atomic E-state index is -0.514. The third kappa shape index (κ3) is 4.41. The number of amides is 1. The number of rotatable bonds is 7. The zero-order valence-corrected chi connectivity index (χ0v) is 13.3. The highest BCUT2D eigenvalue weighted by Crippen LogP contribution is 2.16. The molecule has 0 spiro atoms. The van der Waals surface area contributed by atoms with Crippen LogP contribution in [0.2, 0.25) is 0 Å². The highest BCUT2D eigenvalue weighted by atomic mass is 16.2. The summed E-state index contributed by atoms with van der Waals surface area (Å²) in [6.45, 7) is 2.25. The number of carbonyl (C=O) groups excluding carboxylic acids is 1. The predicted octanol–water partition coefficient (Wildman–Crippen LogP) is 0.318. The van der Waals surface area contributed by atoms with Crippen molar-refractivity contribution in [3.8, 4) is 0 Å². The average Bonchev–Trinajstić information content (AvgIpc) is 2.92. The van der Waals surface area contributed by atoms with E-state index < -0.39 is 11.2 Å². The van der Waals surface area contributed by atoms with E-state index in [1.165, 1.54) is 16.8 Å². The molecule has 0 saturated carbocycles. The molecule has 0 aliphatic heterocycles. The minimum Gasteiger partial charge on any atom is -0.346 e. The molecule has 0 aliphatic carbocycles. The Kier molecular flexibility index (Phi) is 5.51. The van der Waals surface area contributed by atoms with Crippen molar-refractivity contribution in [3.63, 3.8) is 0 Å². The molecule has 1 atom stereocenters. The van der Waals surface area contributed by atoms with Crippen LogP contribution in [-0.2, 0) is 18.4 Å². The Morgan fingerprint density at radius 2 is 2.17 bits per heavy atom. The van der Waals surface area contributed by atoms with E-state index in [1.807, 2.05) is 24.7 Å². The van der Waals surface area contributed by atoms with Crippen LogP contribution in [0.15, 0.2) is 34.2 Å². The molecule has 0 aromatic carbocycles. The first-order valence-corrected chi connectivity index (χ1v) is 7.57. The summed E-state index contributed by atoms with van der Waals surface area (Å²) in [5, 5.41) is 2.95. The lowest BCUT2D eigenvalue weighted by Gasteiger charge is -2.18. The maximum atomic E-state index is 12.2. The van der Waals surface area contributed by atoms with Crippen LogP contribution >= 0.6 is 0 Å². The van der Waals surface area contributed by atoms with Crippen molar-refractivity contribution in [1.82, 2.24) is 24.4 Å². The van der Waals surface area contributed by atoms with Gasteiger partial charge in [0, 0.05) is 44.7 Å². The highest BCUT2D eigenvalue weighted by molar-refractivity contribution is 5.76. The number of hydrogen-bond acceptors (Lipinski definition) is 4. The van der Waals surface area contributed by atoms with Crippen LogP contribution in [0.4, 0.5) is 0 Å². The second-order valence-electron chi connectivity index (χ2n) is 5.36. The van der Waals surface area contributed by atoms with E-state index in [4.69, 9.17) is 0 Å². The van der Waals surface area contributed by atoms with E-state index in [2.05, 4.69) is 15.3 Å². The summed E-state index contributed by atoms with van der Waals surface area (Å²) >= 11 is 0. The highest BCUT2D eigenvalue weighted by Gasteiger charge is 2.17. The van der Waals surface area contributed by atoms with Crippen LogP contribution < -0.4 is 16.6 Å². The van der Waals surface area contributed by atoms with Gasteiger partial charge in [-0.05, 0) is 6.42 Å². The van der Waals surface area contributed by atoms with Crippen LogP contribution in [0.1, 0.15) is 38.1 Å². The lowest BCUT2D eigenvalue weighted by Crippen LogP contribution is -2.33. The van der Waals surface area contributed by atoms with E-state index in [9.17, 15) is 14.4 Å². The zero-order valence-electron chi connectivity index (χ0n) is 13.3. The molecule has 0 saturated heterocycles. The Labute approximate surface area is 133 Å². The molecule has 23 heavy (non-hydrogen) atoms. The van der Waals surface area contributed by atoms with Crippen molar-refractivity contribution in [2.24, 2.45) is 7.05 Å². The predicted molar refractivity (Wildman–Crippen MR) is 84.9 cm³/mol. The van der Waals surface area contributed by atoms with Crippen molar-refractivity contribution in [3.05, 3.63) is 51.3 Å². The van der Waals surface area contributed by atoms with Crippen molar-refractivity contribution >= 4 is 5.91 Å². The van der Waals surface area contributed by atoms with Crippen molar-refractivity contribution in [2.45, 2.75) is 38.8 Å². The number of hydrogen-bond donors (Lipinski definition) is 2. The van der Waals surface area contributed by atoms with E-state index in [0.717, 1.165) is 18.7 Å². The fourth-order valence-corrected chi connectivity index (χ4v) is 2.38. The molecule has 0 fully saturated rings. The van der Waals surface area contributed by atoms with Gasteiger partial charge in [-0.25, -0.2) is 9.78 Å². The van der Waals surface area contributed by atoms with E-state index in [-0.39, 0.29) is 24.9 Å². The van der Waals surface area contributed by atoms with Crippen LogP contribution in [0.3, 0.4) is 0 Å². The molecule has 8 nitrogen and oxygen atoms in total. The van der Waals surface area contributed by atoms with E-state index >= 15 is 0 Å². The molecule has 0 radical (unpaired) electrons. The second kappa shape index (κ2) is 7.57. The molecule has 0 aliphatic rings. The monoisotopic (exact) mass is 319 g/mol. The van der Waals surface area contributed by atoms with Crippen molar-refractivity contribution in [1.29, 1.82) is 0 Å². The Balaban J connectivity index is 1.98. The fourth-order valence-electron chi connectivity index (χ4n) is 2.38. The van der Waals surface area contributed by atoms with Gasteiger partial charge in [-0.3, -0.25) is 14.6 Å². The van der Waals surface area contributed by atoms with Gasteiger partial charge in [0.05, 0.1) is 6.04 Å². The van der Waals surface area contributed by atoms with Gasteiger partial charge < -0.3 is 14.5 Å². The number of imidazole rings is 1. The number of aromatic amines is 1. The summed E-state index contributed by atoms with van der Waals surface area (Å²) in [4.78, 5) is 41.2. The summed E-state index contributed by atoms with van der Waals surface area (Å²) in [5.41, 5.74) is -0.965. The normalized spacial score (nSPS) is 12.1. The van der Waals surface area contributed by atoms with Gasteiger partial charge in [0.2, 0.25) is 5.91 Å². The molecular weight excluding hydrogens is 298 g/mol. The lowest BCUT2D eigenvalue weighted by molar-refractivity contribution is -0.122. The first-order valence-electron chi connectivity index (χ1n) is 7.57. The minimum absolute atomic E-state index is 0.149. The number of aromatic nitrogens is 4. The number of carbonyl (C=O) groups is 1.